The Kier molecular flexibility index (Phi) is 4.78. The van der Waals surface area contributed by atoms with Gasteiger partial charge in [-0.25, -0.2) is 0 Å². The first kappa shape index (κ1) is 18.1. The number of hydroxylamine groups is 3. The summed E-state index contributed by atoms with van der Waals surface area (Å²) in [6, 6.07) is 15.1. The van der Waals surface area contributed by atoms with E-state index in [4.69, 9.17) is 9.47 Å². The number of rotatable bonds is 5. The number of methoxy groups -OCH3 is 2. The Bertz CT molecular complexity index is 835. The first-order chi connectivity index (χ1) is 12.4. The Morgan fingerprint density at radius 1 is 1.15 bits per heavy atom. The van der Waals surface area contributed by atoms with E-state index in [9.17, 15) is 15.2 Å². The molecule has 26 heavy (non-hydrogen) atoms. The van der Waals surface area contributed by atoms with Gasteiger partial charge in [-0.2, -0.15) is 4.74 Å². The normalized spacial score (nSPS) is 23.3. The summed E-state index contributed by atoms with van der Waals surface area (Å²) in [4.78, 5) is 13.0. The van der Waals surface area contributed by atoms with Crippen molar-refractivity contribution in [1.29, 1.82) is 0 Å². The summed E-state index contributed by atoms with van der Waals surface area (Å²) in [6.07, 6.45) is -1.08. The van der Waals surface area contributed by atoms with Crippen molar-refractivity contribution in [2.45, 2.75) is 18.8 Å². The number of ether oxygens (including phenoxy) is 2. The van der Waals surface area contributed by atoms with Crippen molar-refractivity contribution < 1.29 is 24.2 Å². The third-order valence-electron chi connectivity index (χ3n) is 4.59. The van der Waals surface area contributed by atoms with E-state index in [1.165, 1.54) is 14.0 Å². The van der Waals surface area contributed by atoms with Crippen molar-refractivity contribution >= 4 is 11.5 Å². The molecule has 0 amide bonds. The van der Waals surface area contributed by atoms with Gasteiger partial charge in [0, 0.05) is 25.2 Å². The molecule has 2 aromatic rings. The van der Waals surface area contributed by atoms with E-state index in [0.717, 1.165) is 0 Å². The van der Waals surface area contributed by atoms with Gasteiger partial charge in [-0.15, -0.1) is 0 Å². The highest BCUT2D eigenvalue weighted by molar-refractivity contribution is 6.07. The molecule has 0 fully saturated rings. The maximum absolute atomic E-state index is 13.1. The SMILES string of the molecule is COc1ccc(C2=[N+]([O-])[C@@](C)(C(=O)c3ccccc3)N(O)[C@@H]2OC)cc1. The minimum atomic E-state index is -1.85. The summed E-state index contributed by atoms with van der Waals surface area (Å²) in [7, 11) is 2.91. The number of hydrogen-bond donors (Lipinski definition) is 1. The molecule has 1 aliphatic heterocycles. The van der Waals surface area contributed by atoms with Gasteiger partial charge in [0.1, 0.15) is 5.75 Å². The van der Waals surface area contributed by atoms with Gasteiger partial charge in [0.05, 0.1) is 7.11 Å². The smallest absolute Gasteiger partial charge is 0.314 e. The zero-order chi connectivity index (χ0) is 18.9. The van der Waals surface area contributed by atoms with Crippen LogP contribution < -0.4 is 4.74 Å². The van der Waals surface area contributed by atoms with Crippen molar-refractivity contribution in [3.05, 3.63) is 70.9 Å². The lowest BCUT2D eigenvalue weighted by Gasteiger charge is -2.27. The van der Waals surface area contributed by atoms with Crippen molar-refractivity contribution in [2.24, 2.45) is 0 Å². The lowest BCUT2D eigenvalue weighted by atomic mass is 10.00. The number of hydrogen-bond acceptors (Lipinski definition) is 6. The van der Waals surface area contributed by atoms with Crippen LogP contribution in [0.5, 0.6) is 5.75 Å². The van der Waals surface area contributed by atoms with Gasteiger partial charge in [0.25, 0.3) is 5.78 Å². The second-order valence-corrected chi connectivity index (χ2v) is 6.06. The maximum atomic E-state index is 13.1. The molecule has 0 unspecified atom stereocenters. The average molecular weight is 356 g/mol. The molecular weight excluding hydrogens is 336 g/mol. The standard InChI is InChI=1S/C19H20N2O5/c1-19(17(22)14-7-5-4-6-8-14)20(23)16(18(26-3)21(19)24)13-9-11-15(25-2)12-10-13/h4-12,18,24H,1-3H3/t18-,19-/m1/s1. The molecule has 7 heteroatoms. The molecule has 2 aromatic carbocycles. The monoisotopic (exact) mass is 356 g/mol. The molecular formula is C19H20N2O5. The Morgan fingerprint density at radius 3 is 2.31 bits per heavy atom. The van der Waals surface area contributed by atoms with Crippen LogP contribution in [0.25, 0.3) is 0 Å². The van der Waals surface area contributed by atoms with Gasteiger partial charge in [0.15, 0.2) is 0 Å². The van der Waals surface area contributed by atoms with Gasteiger partial charge in [-0.1, -0.05) is 35.4 Å². The maximum Gasteiger partial charge on any atom is 0.314 e. The van der Waals surface area contributed by atoms with Crippen LogP contribution in [0.3, 0.4) is 0 Å². The summed E-state index contributed by atoms with van der Waals surface area (Å²) in [6.45, 7) is 1.37. The third-order valence-corrected chi connectivity index (χ3v) is 4.59. The molecule has 136 valence electrons. The van der Waals surface area contributed by atoms with E-state index >= 15 is 0 Å². The van der Waals surface area contributed by atoms with Crippen molar-refractivity contribution in [3.63, 3.8) is 0 Å². The van der Waals surface area contributed by atoms with E-state index in [2.05, 4.69) is 0 Å². The molecule has 7 nitrogen and oxygen atoms in total. The van der Waals surface area contributed by atoms with Crippen LogP contribution in [0.1, 0.15) is 22.8 Å². The first-order valence-corrected chi connectivity index (χ1v) is 8.04. The molecule has 0 spiro atoms. The minimum absolute atomic E-state index is 0.143. The predicted molar refractivity (Wildman–Crippen MR) is 94.3 cm³/mol. The second kappa shape index (κ2) is 6.87. The van der Waals surface area contributed by atoms with Crippen LogP contribution in [0.2, 0.25) is 0 Å². The average Bonchev–Trinajstić information content (AvgIpc) is 2.89. The number of Topliss-reactive ketones (excluding diaryl/α,β-unsaturated/α-hetero) is 1. The molecule has 0 aromatic heterocycles. The Hall–Kier alpha value is -2.74. The third kappa shape index (κ3) is 2.66. The molecule has 3 rings (SSSR count). The number of nitrogens with zero attached hydrogens (tertiary/aromatic N) is 2. The van der Waals surface area contributed by atoms with E-state index in [1.807, 2.05) is 0 Å². The summed E-state index contributed by atoms with van der Waals surface area (Å²) in [5, 5.41) is 24.4. The Morgan fingerprint density at radius 2 is 1.77 bits per heavy atom. The highest BCUT2D eigenvalue weighted by Crippen LogP contribution is 2.31. The molecule has 0 aliphatic carbocycles. The largest absolute Gasteiger partial charge is 0.622 e. The van der Waals surface area contributed by atoms with Crippen LogP contribution in [0.15, 0.2) is 54.6 Å². The van der Waals surface area contributed by atoms with Gasteiger partial charge >= 0.3 is 5.66 Å². The highest BCUT2D eigenvalue weighted by Gasteiger charge is 2.60. The number of carbonyl (C=O) groups excluding carboxylic acids is 1. The molecule has 1 N–H and O–H groups in total. The van der Waals surface area contributed by atoms with Gasteiger partial charge in [-0.3, -0.25) is 4.79 Å². The van der Waals surface area contributed by atoms with Crippen molar-refractivity contribution in [1.82, 2.24) is 5.06 Å². The molecule has 0 radical (unpaired) electrons. The molecule has 0 saturated carbocycles. The molecule has 0 saturated heterocycles. The molecule has 2 atom stereocenters. The summed E-state index contributed by atoms with van der Waals surface area (Å²) < 4.78 is 10.9. The Labute approximate surface area is 151 Å². The van der Waals surface area contributed by atoms with Crippen molar-refractivity contribution in [3.8, 4) is 5.75 Å². The van der Waals surface area contributed by atoms with Crippen LogP contribution in [-0.2, 0) is 4.74 Å². The van der Waals surface area contributed by atoms with E-state index in [0.29, 0.717) is 26.7 Å². The zero-order valence-electron chi connectivity index (χ0n) is 14.7. The van der Waals surface area contributed by atoms with Crippen molar-refractivity contribution in [2.75, 3.05) is 14.2 Å². The topological polar surface area (TPSA) is 85.1 Å². The fourth-order valence-electron chi connectivity index (χ4n) is 3.06. The quantitative estimate of drug-likeness (QED) is 0.503. The molecule has 1 aliphatic rings. The van der Waals surface area contributed by atoms with Gasteiger partial charge < -0.3 is 19.9 Å². The fourth-order valence-corrected chi connectivity index (χ4v) is 3.06. The van der Waals surface area contributed by atoms with Gasteiger partial charge in [0.2, 0.25) is 11.9 Å². The van der Waals surface area contributed by atoms with E-state index in [-0.39, 0.29) is 5.71 Å². The Balaban J connectivity index is 2.11. The van der Waals surface area contributed by atoms with Crippen LogP contribution in [-0.4, -0.2) is 52.6 Å². The second-order valence-electron chi connectivity index (χ2n) is 6.06. The van der Waals surface area contributed by atoms with Crippen LogP contribution in [0.4, 0.5) is 0 Å². The van der Waals surface area contributed by atoms with Gasteiger partial charge in [-0.05, 0) is 24.3 Å². The lowest BCUT2D eigenvalue weighted by Crippen LogP contribution is -2.55. The van der Waals surface area contributed by atoms with Crippen LogP contribution in [0, 0.1) is 5.21 Å². The van der Waals surface area contributed by atoms with Crippen LogP contribution >= 0.6 is 0 Å². The summed E-state index contributed by atoms with van der Waals surface area (Å²) >= 11 is 0. The van der Waals surface area contributed by atoms with E-state index in [1.54, 1.807) is 61.7 Å². The summed E-state index contributed by atoms with van der Waals surface area (Å²) in [5.41, 5.74) is -0.862. The zero-order valence-corrected chi connectivity index (χ0v) is 14.7. The molecule has 1 heterocycles. The summed E-state index contributed by atoms with van der Waals surface area (Å²) in [5.74, 6) is 0.101. The number of carbonyl (C=O) groups is 1. The number of benzene rings is 2. The minimum Gasteiger partial charge on any atom is -0.622 e. The highest BCUT2D eigenvalue weighted by atomic mass is 16.6. The fraction of sp³-hybridized carbons (Fsp3) is 0.263. The number of ketones is 1. The molecule has 0 bridgehead atoms. The lowest BCUT2D eigenvalue weighted by molar-refractivity contribution is -0.563. The first-order valence-electron chi connectivity index (χ1n) is 8.04. The van der Waals surface area contributed by atoms with E-state index < -0.39 is 17.7 Å². The predicted octanol–water partition coefficient (Wildman–Crippen LogP) is 2.27.